The number of sulfonamides is 1. The maximum absolute atomic E-state index is 12.8. The fourth-order valence-electron chi connectivity index (χ4n) is 2.42. The van der Waals surface area contributed by atoms with E-state index in [9.17, 15) is 18.5 Å². The van der Waals surface area contributed by atoms with Gasteiger partial charge < -0.3 is 0 Å². The lowest BCUT2D eigenvalue weighted by Gasteiger charge is -2.24. The summed E-state index contributed by atoms with van der Waals surface area (Å²) < 4.78 is 27.0. The first kappa shape index (κ1) is 17.0. The average Bonchev–Trinajstić information content (AvgIpc) is 2.50. The highest BCUT2D eigenvalue weighted by atomic mass is 32.2. The summed E-state index contributed by atoms with van der Waals surface area (Å²) in [5, 5.41) is 10.7. The van der Waals surface area contributed by atoms with Gasteiger partial charge in [-0.2, -0.15) is 0 Å². The predicted molar refractivity (Wildman–Crippen MR) is 89.2 cm³/mol. The van der Waals surface area contributed by atoms with Crippen LogP contribution in [-0.4, -0.2) is 19.9 Å². The Hall–Kier alpha value is -2.41. The molecule has 122 valence electrons. The summed E-state index contributed by atoms with van der Waals surface area (Å²) in [7, 11) is -3.77. The molecule has 2 aromatic carbocycles. The van der Waals surface area contributed by atoms with Crippen LogP contribution in [0.15, 0.2) is 47.4 Å². The Morgan fingerprint density at radius 2 is 1.70 bits per heavy atom. The van der Waals surface area contributed by atoms with Crippen LogP contribution in [0.5, 0.6) is 0 Å². The van der Waals surface area contributed by atoms with Gasteiger partial charge in [-0.1, -0.05) is 17.7 Å². The van der Waals surface area contributed by atoms with E-state index in [-0.39, 0.29) is 17.1 Å². The first-order valence-corrected chi connectivity index (χ1v) is 8.56. The molecule has 23 heavy (non-hydrogen) atoms. The molecular formula is C16H18N2O4S. The van der Waals surface area contributed by atoms with E-state index in [1.165, 1.54) is 28.6 Å². The maximum Gasteiger partial charge on any atom is 0.269 e. The number of nitrogens with zero attached hydrogens (tertiary/aromatic N) is 2. The molecule has 0 radical (unpaired) electrons. The summed E-state index contributed by atoms with van der Waals surface area (Å²) in [5.41, 5.74) is 2.38. The van der Waals surface area contributed by atoms with Gasteiger partial charge in [0, 0.05) is 18.7 Å². The second-order valence-electron chi connectivity index (χ2n) is 5.21. The van der Waals surface area contributed by atoms with Crippen molar-refractivity contribution in [3.05, 3.63) is 63.7 Å². The molecule has 7 heteroatoms. The molecular weight excluding hydrogens is 316 g/mol. The minimum atomic E-state index is -3.77. The Morgan fingerprint density at radius 3 is 2.17 bits per heavy atom. The van der Waals surface area contributed by atoms with Gasteiger partial charge in [-0.05, 0) is 44.5 Å². The molecule has 0 saturated carbocycles. The number of non-ortho nitro benzene ring substituents is 1. The van der Waals surface area contributed by atoms with Crippen molar-refractivity contribution >= 4 is 21.4 Å². The molecule has 0 saturated heterocycles. The number of rotatable bonds is 5. The van der Waals surface area contributed by atoms with Crippen molar-refractivity contribution in [3.63, 3.8) is 0 Å². The van der Waals surface area contributed by atoms with E-state index < -0.39 is 14.9 Å². The molecule has 0 bridgehead atoms. The first-order chi connectivity index (χ1) is 10.8. The van der Waals surface area contributed by atoms with E-state index >= 15 is 0 Å². The van der Waals surface area contributed by atoms with Gasteiger partial charge in [-0.15, -0.1) is 0 Å². The quantitative estimate of drug-likeness (QED) is 0.620. The van der Waals surface area contributed by atoms with Crippen molar-refractivity contribution < 1.29 is 13.3 Å². The third-order valence-electron chi connectivity index (χ3n) is 3.54. The lowest BCUT2D eigenvalue weighted by Crippen LogP contribution is -2.31. The molecule has 0 N–H and O–H groups in total. The van der Waals surface area contributed by atoms with Crippen molar-refractivity contribution in [2.45, 2.75) is 25.7 Å². The average molecular weight is 334 g/mol. The molecule has 0 aliphatic heterocycles. The van der Waals surface area contributed by atoms with Crippen LogP contribution in [0.25, 0.3) is 0 Å². The van der Waals surface area contributed by atoms with Gasteiger partial charge in [0.15, 0.2) is 0 Å². The first-order valence-electron chi connectivity index (χ1n) is 7.12. The van der Waals surface area contributed by atoms with Crippen molar-refractivity contribution in [2.24, 2.45) is 0 Å². The second-order valence-corrected chi connectivity index (χ2v) is 7.07. The highest BCUT2D eigenvalue weighted by Crippen LogP contribution is 2.28. The number of nitro benzene ring substituents is 1. The van der Waals surface area contributed by atoms with Crippen LogP contribution in [0.3, 0.4) is 0 Å². The number of benzene rings is 2. The van der Waals surface area contributed by atoms with E-state index in [0.29, 0.717) is 5.69 Å². The highest BCUT2D eigenvalue weighted by Gasteiger charge is 2.25. The van der Waals surface area contributed by atoms with E-state index in [0.717, 1.165) is 11.1 Å². The monoisotopic (exact) mass is 334 g/mol. The molecule has 0 amide bonds. The third-order valence-corrected chi connectivity index (χ3v) is 5.45. The maximum atomic E-state index is 12.8. The van der Waals surface area contributed by atoms with E-state index in [4.69, 9.17) is 0 Å². The van der Waals surface area contributed by atoms with Crippen LogP contribution < -0.4 is 4.31 Å². The zero-order chi connectivity index (χ0) is 17.2. The minimum Gasteiger partial charge on any atom is -0.266 e. The molecule has 2 rings (SSSR count). The Morgan fingerprint density at radius 1 is 1.09 bits per heavy atom. The summed E-state index contributed by atoms with van der Waals surface area (Å²) in [6.07, 6.45) is 0. The zero-order valence-corrected chi connectivity index (χ0v) is 14.0. The molecule has 0 aliphatic carbocycles. The summed E-state index contributed by atoms with van der Waals surface area (Å²) in [5.74, 6) is 0. The topological polar surface area (TPSA) is 80.5 Å². The van der Waals surface area contributed by atoms with Gasteiger partial charge in [0.05, 0.1) is 15.5 Å². The van der Waals surface area contributed by atoms with Crippen molar-refractivity contribution in [1.82, 2.24) is 0 Å². The van der Waals surface area contributed by atoms with E-state index in [2.05, 4.69) is 0 Å². The molecule has 0 unspecified atom stereocenters. The van der Waals surface area contributed by atoms with Gasteiger partial charge in [0.2, 0.25) is 0 Å². The van der Waals surface area contributed by atoms with Crippen molar-refractivity contribution in [1.29, 1.82) is 0 Å². The van der Waals surface area contributed by atoms with Crippen molar-refractivity contribution in [3.8, 4) is 0 Å². The fraction of sp³-hybridized carbons (Fsp3) is 0.250. The van der Waals surface area contributed by atoms with Crippen LogP contribution in [0.1, 0.15) is 18.1 Å². The van der Waals surface area contributed by atoms with Crippen LogP contribution >= 0.6 is 0 Å². The Bertz CT molecular complexity index is 830. The lowest BCUT2D eigenvalue weighted by molar-refractivity contribution is -0.384. The molecule has 0 fully saturated rings. The zero-order valence-electron chi connectivity index (χ0n) is 13.2. The molecule has 0 spiro atoms. The summed E-state index contributed by atoms with van der Waals surface area (Å²) in [6.45, 7) is 5.82. The SMILES string of the molecule is CCN(c1ccc(C)cc1C)S(=O)(=O)c1ccc([N+](=O)[O-])cc1. The van der Waals surface area contributed by atoms with E-state index in [1.807, 2.05) is 26.0 Å². The van der Waals surface area contributed by atoms with Gasteiger partial charge in [-0.25, -0.2) is 8.42 Å². The number of aryl methyl sites for hydroxylation is 2. The van der Waals surface area contributed by atoms with E-state index in [1.54, 1.807) is 13.0 Å². The van der Waals surface area contributed by atoms with Gasteiger partial charge in [0.25, 0.3) is 15.7 Å². The Kier molecular flexibility index (Phi) is 4.70. The molecule has 6 nitrogen and oxygen atoms in total. The molecule has 0 atom stereocenters. The second kappa shape index (κ2) is 6.37. The molecule has 0 aliphatic rings. The molecule has 0 aromatic heterocycles. The highest BCUT2D eigenvalue weighted by molar-refractivity contribution is 7.92. The predicted octanol–water partition coefficient (Wildman–Crippen LogP) is 3.43. The van der Waals surface area contributed by atoms with Crippen LogP contribution in [0, 0.1) is 24.0 Å². The number of nitro groups is 1. The molecule has 0 heterocycles. The van der Waals surface area contributed by atoms with Crippen LogP contribution in [0.4, 0.5) is 11.4 Å². The van der Waals surface area contributed by atoms with Gasteiger partial charge in [0.1, 0.15) is 0 Å². The third kappa shape index (κ3) is 3.34. The van der Waals surface area contributed by atoms with Crippen molar-refractivity contribution in [2.75, 3.05) is 10.8 Å². The number of hydrogen-bond donors (Lipinski definition) is 0. The summed E-state index contributed by atoms with van der Waals surface area (Å²) >= 11 is 0. The fourth-order valence-corrected chi connectivity index (χ4v) is 3.96. The Balaban J connectivity index is 2.48. The normalized spacial score (nSPS) is 11.3. The number of hydrogen-bond acceptors (Lipinski definition) is 4. The lowest BCUT2D eigenvalue weighted by atomic mass is 10.1. The standard InChI is InChI=1S/C16H18N2O4S/c1-4-17(16-10-5-12(2)11-13(16)3)23(21,22)15-8-6-14(7-9-15)18(19)20/h5-11H,4H2,1-3H3. The Labute approximate surface area is 135 Å². The summed E-state index contributed by atoms with van der Waals surface area (Å²) in [4.78, 5) is 10.2. The van der Waals surface area contributed by atoms with Gasteiger partial charge >= 0.3 is 0 Å². The van der Waals surface area contributed by atoms with Crippen LogP contribution in [0.2, 0.25) is 0 Å². The minimum absolute atomic E-state index is 0.0323. The van der Waals surface area contributed by atoms with Crippen LogP contribution in [-0.2, 0) is 10.0 Å². The largest absolute Gasteiger partial charge is 0.269 e. The summed E-state index contributed by atoms with van der Waals surface area (Å²) in [6, 6.07) is 10.5. The molecule has 2 aromatic rings. The smallest absolute Gasteiger partial charge is 0.266 e. The van der Waals surface area contributed by atoms with Gasteiger partial charge in [-0.3, -0.25) is 14.4 Å². The number of anilines is 1.